The second-order valence-electron chi connectivity index (χ2n) is 7.84. The van der Waals surface area contributed by atoms with Gasteiger partial charge in [0.05, 0.1) is 0 Å². The maximum absolute atomic E-state index is 2.68. The molecule has 1 aromatic rings. The Labute approximate surface area is 142 Å². The first kappa shape index (κ1) is 17.0. The van der Waals surface area contributed by atoms with Crippen LogP contribution in [0.1, 0.15) is 49.7 Å². The Morgan fingerprint density at radius 3 is 2.43 bits per heavy atom. The lowest BCUT2D eigenvalue weighted by Gasteiger charge is -2.35. The molecule has 0 bridgehead atoms. The van der Waals surface area contributed by atoms with Crippen molar-refractivity contribution in [3.05, 3.63) is 35.4 Å². The molecule has 128 valence electrons. The van der Waals surface area contributed by atoms with Crippen LogP contribution >= 0.6 is 0 Å². The summed E-state index contributed by atoms with van der Waals surface area (Å²) in [5.41, 5.74) is 2.97. The van der Waals surface area contributed by atoms with E-state index in [0.717, 1.165) is 12.0 Å². The predicted molar refractivity (Wildman–Crippen MR) is 98.9 cm³/mol. The number of benzene rings is 1. The fraction of sp³-hybridized carbons (Fsp3) is 0.714. The second kappa shape index (κ2) is 8.30. The monoisotopic (exact) mass is 314 g/mol. The molecule has 0 radical (unpaired) electrons. The van der Waals surface area contributed by atoms with Crippen LogP contribution in [0.2, 0.25) is 0 Å². The van der Waals surface area contributed by atoms with Gasteiger partial charge in [-0.2, -0.15) is 0 Å². The fourth-order valence-corrected chi connectivity index (χ4v) is 4.46. The Kier molecular flexibility index (Phi) is 6.13. The average Bonchev–Trinajstić information content (AvgIpc) is 3.10. The molecular weight excluding hydrogens is 280 g/mol. The topological polar surface area (TPSA) is 6.48 Å². The molecule has 1 saturated heterocycles. The highest BCUT2D eigenvalue weighted by atomic mass is 15.2. The Morgan fingerprint density at radius 2 is 1.74 bits per heavy atom. The van der Waals surface area contributed by atoms with Crippen molar-refractivity contribution in [1.29, 1.82) is 0 Å². The Hall–Kier alpha value is -0.860. The molecule has 1 aliphatic carbocycles. The highest BCUT2D eigenvalue weighted by molar-refractivity contribution is 5.25. The standard InChI is InChI=1S/C21H34N2/c1-18-7-3-4-8-20(18)13-16-23-14-11-19(12-15-23)17-22(2)21-9-5-6-10-21/h3-4,7-8,19,21H,5-6,9-17H2,1-2H3. The van der Waals surface area contributed by atoms with Gasteiger partial charge in [-0.3, -0.25) is 0 Å². The van der Waals surface area contributed by atoms with E-state index < -0.39 is 0 Å². The molecular formula is C21H34N2. The first-order valence-electron chi connectivity index (χ1n) is 9.69. The van der Waals surface area contributed by atoms with Crippen molar-refractivity contribution in [3.63, 3.8) is 0 Å². The maximum Gasteiger partial charge on any atom is 0.00923 e. The minimum absolute atomic E-state index is 0.883. The Bertz CT molecular complexity index is 470. The minimum atomic E-state index is 0.883. The number of piperidine rings is 1. The van der Waals surface area contributed by atoms with Gasteiger partial charge in [0.2, 0.25) is 0 Å². The van der Waals surface area contributed by atoms with Gasteiger partial charge in [-0.15, -0.1) is 0 Å². The molecule has 2 nitrogen and oxygen atoms in total. The van der Waals surface area contributed by atoms with Crippen molar-refractivity contribution in [2.45, 2.75) is 57.9 Å². The smallest absolute Gasteiger partial charge is 0.00923 e. The zero-order valence-corrected chi connectivity index (χ0v) is 15.1. The van der Waals surface area contributed by atoms with Gasteiger partial charge in [0.1, 0.15) is 0 Å². The molecule has 1 heterocycles. The number of nitrogens with zero attached hydrogens (tertiary/aromatic N) is 2. The molecule has 2 heteroatoms. The highest BCUT2D eigenvalue weighted by Crippen LogP contribution is 2.25. The Balaban J connectivity index is 1.37. The molecule has 1 aromatic carbocycles. The van der Waals surface area contributed by atoms with Crippen molar-refractivity contribution in [1.82, 2.24) is 9.80 Å². The zero-order valence-electron chi connectivity index (χ0n) is 15.1. The molecule has 1 saturated carbocycles. The number of aryl methyl sites for hydroxylation is 1. The summed E-state index contributed by atoms with van der Waals surface area (Å²) < 4.78 is 0. The summed E-state index contributed by atoms with van der Waals surface area (Å²) in [5.74, 6) is 0.926. The van der Waals surface area contributed by atoms with Gasteiger partial charge in [0.15, 0.2) is 0 Å². The van der Waals surface area contributed by atoms with E-state index >= 15 is 0 Å². The van der Waals surface area contributed by atoms with Crippen molar-refractivity contribution >= 4 is 0 Å². The van der Waals surface area contributed by atoms with Crippen molar-refractivity contribution in [2.75, 3.05) is 33.2 Å². The van der Waals surface area contributed by atoms with Gasteiger partial charge in [0.25, 0.3) is 0 Å². The number of rotatable bonds is 6. The van der Waals surface area contributed by atoms with E-state index in [9.17, 15) is 0 Å². The molecule has 3 rings (SSSR count). The summed E-state index contributed by atoms with van der Waals surface area (Å²) in [4.78, 5) is 5.35. The molecule has 2 aliphatic rings. The minimum Gasteiger partial charge on any atom is -0.303 e. The summed E-state index contributed by atoms with van der Waals surface area (Å²) in [6, 6.07) is 9.73. The average molecular weight is 315 g/mol. The normalized spacial score (nSPS) is 21.3. The SMILES string of the molecule is Cc1ccccc1CCN1CCC(CN(C)C2CCCC2)CC1. The third kappa shape index (κ3) is 4.81. The molecule has 23 heavy (non-hydrogen) atoms. The van der Waals surface area contributed by atoms with Gasteiger partial charge >= 0.3 is 0 Å². The van der Waals surface area contributed by atoms with Gasteiger partial charge in [-0.1, -0.05) is 37.1 Å². The van der Waals surface area contributed by atoms with E-state index in [-0.39, 0.29) is 0 Å². The van der Waals surface area contributed by atoms with E-state index in [4.69, 9.17) is 0 Å². The van der Waals surface area contributed by atoms with Crippen LogP contribution in [0.5, 0.6) is 0 Å². The van der Waals surface area contributed by atoms with Crippen molar-refractivity contribution in [2.24, 2.45) is 5.92 Å². The fourth-order valence-electron chi connectivity index (χ4n) is 4.46. The van der Waals surface area contributed by atoms with E-state index in [0.29, 0.717) is 0 Å². The third-order valence-corrected chi connectivity index (χ3v) is 6.16. The van der Waals surface area contributed by atoms with Gasteiger partial charge in [0, 0.05) is 19.1 Å². The van der Waals surface area contributed by atoms with Crippen LogP contribution in [0.3, 0.4) is 0 Å². The lowest BCUT2D eigenvalue weighted by atomic mass is 9.95. The maximum atomic E-state index is 2.68. The van der Waals surface area contributed by atoms with Crippen molar-refractivity contribution in [3.8, 4) is 0 Å². The molecule has 0 atom stereocenters. The third-order valence-electron chi connectivity index (χ3n) is 6.16. The van der Waals surface area contributed by atoms with Crippen LogP contribution < -0.4 is 0 Å². The molecule has 0 unspecified atom stereocenters. The number of likely N-dealkylation sites (tertiary alicyclic amines) is 1. The van der Waals surface area contributed by atoms with Crippen LogP contribution in [0.15, 0.2) is 24.3 Å². The molecule has 0 aromatic heterocycles. The van der Waals surface area contributed by atoms with Crippen LogP contribution in [-0.2, 0) is 6.42 Å². The zero-order chi connectivity index (χ0) is 16.1. The van der Waals surface area contributed by atoms with Gasteiger partial charge in [-0.25, -0.2) is 0 Å². The van der Waals surface area contributed by atoms with Crippen LogP contribution in [0.4, 0.5) is 0 Å². The molecule has 0 N–H and O–H groups in total. The summed E-state index contributed by atoms with van der Waals surface area (Å²) in [5, 5.41) is 0. The predicted octanol–water partition coefficient (Wildman–Crippen LogP) is 4.12. The molecule has 1 aliphatic heterocycles. The molecule has 0 amide bonds. The first-order chi connectivity index (χ1) is 11.2. The number of hydrogen-bond acceptors (Lipinski definition) is 2. The summed E-state index contributed by atoms with van der Waals surface area (Å²) in [7, 11) is 2.36. The van der Waals surface area contributed by atoms with E-state index in [1.165, 1.54) is 82.3 Å². The first-order valence-corrected chi connectivity index (χ1v) is 9.69. The molecule has 0 spiro atoms. The van der Waals surface area contributed by atoms with E-state index in [1.54, 1.807) is 0 Å². The quantitative estimate of drug-likeness (QED) is 0.779. The van der Waals surface area contributed by atoms with Gasteiger partial charge in [-0.05, 0) is 76.2 Å². The van der Waals surface area contributed by atoms with E-state index in [1.807, 2.05) is 0 Å². The Morgan fingerprint density at radius 1 is 1.04 bits per heavy atom. The second-order valence-corrected chi connectivity index (χ2v) is 7.84. The van der Waals surface area contributed by atoms with Crippen molar-refractivity contribution < 1.29 is 0 Å². The summed E-state index contributed by atoms with van der Waals surface area (Å²) in [6.07, 6.45) is 9.77. The largest absolute Gasteiger partial charge is 0.303 e. The van der Waals surface area contributed by atoms with Gasteiger partial charge < -0.3 is 9.80 Å². The number of hydrogen-bond donors (Lipinski definition) is 0. The van der Waals surface area contributed by atoms with Crippen LogP contribution in [-0.4, -0.2) is 49.1 Å². The van der Waals surface area contributed by atoms with Crippen LogP contribution in [0.25, 0.3) is 0 Å². The lowest BCUT2D eigenvalue weighted by molar-refractivity contribution is 0.136. The molecule has 2 fully saturated rings. The van der Waals surface area contributed by atoms with Crippen LogP contribution in [0, 0.1) is 12.8 Å². The highest BCUT2D eigenvalue weighted by Gasteiger charge is 2.24. The van der Waals surface area contributed by atoms with E-state index in [2.05, 4.69) is 48.0 Å². The summed E-state index contributed by atoms with van der Waals surface area (Å²) >= 11 is 0. The summed E-state index contributed by atoms with van der Waals surface area (Å²) in [6.45, 7) is 7.40. The lowest BCUT2D eigenvalue weighted by Crippen LogP contribution is -2.40.